The van der Waals surface area contributed by atoms with E-state index in [2.05, 4.69) is 0 Å². The SMILES string of the molecule is CCOc1ccc(N(CCC#N)C(=O)COC(=O)[C@H](C(C)C)N2C(=O)c3ccccc3C2=O)cc1. The smallest absolute Gasteiger partial charge is 0.330 e. The van der Waals surface area contributed by atoms with Gasteiger partial charge in [-0.15, -0.1) is 0 Å². The van der Waals surface area contributed by atoms with Gasteiger partial charge in [-0.3, -0.25) is 19.3 Å². The summed E-state index contributed by atoms with van der Waals surface area (Å²) in [5.41, 5.74) is 0.973. The van der Waals surface area contributed by atoms with Crippen molar-refractivity contribution in [3.63, 3.8) is 0 Å². The van der Waals surface area contributed by atoms with Gasteiger partial charge in [0.25, 0.3) is 17.7 Å². The Labute approximate surface area is 203 Å². The lowest BCUT2D eigenvalue weighted by Gasteiger charge is -2.28. The van der Waals surface area contributed by atoms with Crippen LogP contribution in [-0.2, 0) is 14.3 Å². The highest BCUT2D eigenvalue weighted by molar-refractivity contribution is 6.22. The van der Waals surface area contributed by atoms with Crippen LogP contribution in [0.3, 0.4) is 0 Å². The lowest BCUT2D eigenvalue weighted by Crippen LogP contribution is -2.49. The fourth-order valence-corrected chi connectivity index (χ4v) is 3.88. The number of carbonyl (C=O) groups is 4. The van der Waals surface area contributed by atoms with E-state index in [-0.39, 0.29) is 24.1 Å². The van der Waals surface area contributed by atoms with E-state index >= 15 is 0 Å². The molecule has 2 aromatic carbocycles. The summed E-state index contributed by atoms with van der Waals surface area (Å²) < 4.78 is 10.7. The highest BCUT2D eigenvalue weighted by Crippen LogP contribution is 2.28. The Morgan fingerprint density at radius 2 is 1.63 bits per heavy atom. The first-order chi connectivity index (χ1) is 16.8. The summed E-state index contributed by atoms with van der Waals surface area (Å²) in [6.07, 6.45) is 0.0799. The molecule has 0 fully saturated rings. The molecular formula is C26H27N3O6. The van der Waals surface area contributed by atoms with Crippen molar-refractivity contribution in [1.29, 1.82) is 5.26 Å². The Morgan fingerprint density at radius 1 is 1.03 bits per heavy atom. The van der Waals surface area contributed by atoms with Crippen LogP contribution >= 0.6 is 0 Å². The van der Waals surface area contributed by atoms with Crippen molar-refractivity contribution in [2.45, 2.75) is 33.2 Å². The molecule has 0 spiro atoms. The third-order valence-electron chi connectivity index (χ3n) is 5.52. The molecule has 1 aliphatic rings. The summed E-state index contributed by atoms with van der Waals surface area (Å²) in [7, 11) is 0. The quantitative estimate of drug-likeness (QED) is 0.381. The largest absolute Gasteiger partial charge is 0.494 e. The van der Waals surface area contributed by atoms with Gasteiger partial charge in [-0.2, -0.15) is 5.26 Å². The second-order valence-electron chi connectivity index (χ2n) is 8.20. The number of hydrogen-bond donors (Lipinski definition) is 0. The maximum absolute atomic E-state index is 13.0. The number of rotatable bonds is 10. The number of imide groups is 1. The number of anilines is 1. The molecule has 3 rings (SSSR count). The summed E-state index contributed by atoms with van der Waals surface area (Å²) in [6, 6.07) is 13.9. The summed E-state index contributed by atoms with van der Waals surface area (Å²) in [5, 5.41) is 8.99. The zero-order chi connectivity index (χ0) is 25.5. The van der Waals surface area contributed by atoms with Gasteiger partial charge in [0, 0.05) is 12.2 Å². The van der Waals surface area contributed by atoms with E-state index in [1.165, 1.54) is 17.0 Å². The van der Waals surface area contributed by atoms with E-state index in [1.54, 1.807) is 50.2 Å². The van der Waals surface area contributed by atoms with Gasteiger partial charge < -0.3 is 14.4 Å². The van der Waals surface area contributed by atoms with Gasteiger partial charge in [-0.05, 0) is 49.2 Å². The Morgan fingerprint density at radius 3 is 2.14 bits per heavy atom. The number of nitrogens with zero attached hydrogens (tertiary/aromatic N) is 3. The normalized spacial score (nSPS) is 13.3. The van der Waals surface area contributed by atoms with Crippen molar-refractivity contribution < 1.29 is 28.7 Å². The summed E-state index contributed by atoms with van der Waals surface area (Å²) in [5.74, 6) is -2.34. The predicted octanol–water partition coefficient (Wildman–Crippen LogP) is 3.20. The molecule has 1 aliphatic heterocycles. The van der Waals surface area contributed by atoms with Gasteiger partial charge >= 0.3 is 5.97 Å². The average Bonchev–Trinajstić information content (AvgIpc) is 3.09. The number of ether oxygens (including phenoxy) is 2. The molecule has 0 saturated carbocycles. The summed E-state index contributed by atoms with van der Waals surface area (Å²) >= 11 is 0. The molecule has 182 valence electrons. The lowest BCUT2D eigenvalue weighted by molar-refractivity contribution is -0.153. The van der Waals surface area contributed by atoms with E-state index in [0.29, 0.717) is 18.0 Å². The Bertz CT molecular complexity index is 1120. The molecule has 1 atom stereocenters. The summed E-state index contributed by atoms with van der Waals surface area (Å²) in [4.78, 5) is 53.9. The maximum atomic E-state index is 13.0. The first-order valence-electron chi connectivity index (χ1n) is 11.3. The molecule has 0 unspecified atom stereocenters. The Balaban J connectivity index is 1.73. The molecule has 0 saturated heterocycles. The van der Waals surface area contributed by atoms with Crippen molar-refractivity contribution in [2.24, 2.45) is 5.92 Å². The van der Waals surface area contributed by atoms with Crippen molar-refractivity contribution in [3.05, 3.63) is 59.7 Å². The van der Waals surface area contributed by atoms with Crippen LogP contribution in [0, 0.1) is 17.2 Å². The number of benzene rings is 2. The van der Waals surface area contributed by atoms with Crippen LogP contribution in [0.1, 0.15) is 47.9 Å². The average molecular weight is 478 g/mol. The monoisotopic (exact) mass is 477 g/mol. The molecule has 0 radical (unpaired) electrons. The fourth-order valence-electron chi connectivity index (χ4n) is 3.88. The minimum atomic E-state index is -1.19. The highest BCUT2D eigenvalue weighted by Gasteiger charge is 2.44. The van der Waals surface area contributed by atoms with Crippen molar-refractivity contribution in [1.82, 2.24) is 4.90 Å². The maximum Gasteiger partial charge on any atom is 0.330 e. The third kappa shape index (κ3) is 5.49. The number of hydrogen-bond acceptors (Lipinski definition) is 7. The zero-order valence-electron chi connectivity index (χ0n) is 19.9. The van der Waals surface area contributed by atoms with E-state index in [0.717, 1.165) is 4.90 Å². The van der Waals surface area contributed by atoms with Crippen molar-refractivity contribution >= 4 is 29.4 Å². The van der Waals surface area contributed by atoms with Crippen molar-refractivity contribution in [2.75, 3.05) is 24.7 Å². The fraction of sp³-hybridized carbons (Fsp3) is 0.346. The van der Waals surface area contributed by atoms with E-state index in [9.17, 15) is 19.2 Å². The van der Waals surface area contributed by atoms with Crippen LogP contribution in [-0.4, -0.2) is 54.4 Å². The number of amides is 3. The zero-order valence-corrected chi connectivity index (χ0v) is 19.9. The topological polar surface area (TPSA) is 117 Å². The predicted molar refractivity (Wildman–Crippen MR) is 127 cm³/mol. The van der Waals surface area contributed by atoms with Crippen LogP contribution in [0.4, 0.5) is 5.69 Å². The molecule has 35 heavy (non-hydrogen) atoms. The number of nitriles is 1. The molecule has 1 heterocycles. The van der Waals surface area contributed by atoms with E-state index in [4.69, 9.17) is 14.7 Å². The molecule has 0 bridgehead atoms. The van der Waals surface area contributed by atoms with E-state index in [1.807, 2.05) is 13.0 Å². The van der Waals surface area contributed by atoms with Gasteiger partial charge in [0.1, 0.15) is 11.8 Å². The molecule has 3 amide bonds. The molecular weight excluding hydrogens is 450 g/mol. The second kappa shape index (κ2) is 11.3. The van der Waals surface area contributed by atoms with Gasteiger partial charge in [0.05, 0.1) is 30.2 Å². The number of carbonyl (C=O) groups excluding carboxylic acids is 4. The number of esters is 1. The number of fused-ring (bicyclic) bond motifs is 1. The highest BCUT2D eigenvalue weighted by atomic mass is 16.5. The van der Waals surface area contributed by atoms with Crippen molar-refractivity contribution in [3.8, 4) is 11.8 Å². The third-order valence-corrected chi connectivity index (χ3v) is 5.52. The van der Waals surface area contributed by atoms with Crippen LogP contribution in [0.2, 0.25) is 0 Å². The Hall–Kier alpha value is -4.19. The van der Waals surface area contributed by atoms with Crippen LogP contribution in [0.5, 0.6) is 5.75 Å². The molecule has 9 nitrogen and oxygen atoms in total. The van der Waals surface area contributed by atoms with E-state index < -0.39 is 42.3 Å². The van der Waals surface area contributed by atoms with Gasteiger partial charge in [0.2, 0.25) is 0 Å². The molecule has 9 heteroatoms. The molecule has 0 N–H and O–H groups in total. The van der Waals surface area contributed by atoms with Gasteiger partial charge in [0.15, 0.2) is 6.61 Å². The Kier molecular flexibility index (Phi) is 8.21. The summed E-state index contributed by atoms with van der Waals surface area (Å²) in [6.45, 7) is 5.23. The standard InChI is InChI=1S/C26H27N3O6/c1-4-34-19-12-10-18(11-13-19)28(15-7-14-27)22(30)16-35-26(33)23(17(2)3)29-24(31)20-8-5-6-9-21(20)25(29)32/h5-6,8-13,17,23H,4,7,15-16H2,1-3H3/t23-/m0/s1. The molecule has 0 aromatic heterocycles. The minimum absolute atomic E-state index is 0.0799. The van der Waals surface area contributed by atoms with Crippen LogP contribution < -0.4 is 9.64 Å². The molecule has 0 aliphatic carbocycles. The first kappa shape index (κ1) is 25.4. The van der Waals surface area contributed by atoms with Crippen LogP contribution in [0.15, 0.2) is 48.5 Å². The molecule has 2 aromatic rings. The minimum Gasteiger partial charge on any atom is -0.494 e. The lowest BCUT2D eigenvalue weighted by atomic mass is 10.0. The second-order valence-corrected chi connectivity index (χ2v) is 8.20. The van der Waals surface area contributed by atoms with Gasteiger partial charge in [-0.25, -0.2) is 4.79 Å². The van der Waals surface area contributed by atoms with Gasteiger partial charge in [-0.1, -0.05) is 26.0 Å². The van der Waals surface area contributed by atoms with Crippen LogP contribution in [0.25, 0.3) is 0 Å². The first-order valence-corrected chi connectivity index (χ1v) is 11.3.